The van der Waals surface area contributed by atoms with Crippen LogP contribution < -0.4 is 16.0 Å². The van der Waals surface area contributed by atoms with Crippen LogP contribution in [0.25, 0.3) is 0 Å². The number of nitrogens with one attached hydrogen (secondary N) is 3. The molecule has 109 heavy (non-hydrogen) atoms. The van der Waals surface area contributed by atoms with Gasteiger partial charge in [-0.2, -0.15) is 0 Å². The van der Waals surface area contributed by atoms with Crippen LogP contribution in [0.15, 0.2) is 12.2 Å². The summed E-state index contributed by atoms with van der Waals surface area (Å²) >= 11 is 0. The van der Waals surface area contributed by atoms with Crippen LogP contribution in [0.1, 0.15) is 259 Å². The number of allylic oxidation sites excluding steroid dienone is 1. The van der Waals surface area contributed by atoms with E-state index in [4.69, 9.17) is 47.4 Å². The third kappa shape index (κ3) is 33.0. The number of ether oxygens (including phenoxy) is 10. The molecule has 5 aliphatic heterocycles. The molecule has 5 saturated heterocycles. The molecule has 0 aromatic rings. The second kappa shape index (κ2) is 54.9. The normalized spacial score (nSPS) is 33.6. The van der Waals surface area contributed by atoms with Gasteiger partial charge >= 0.3 is 0 Å². The molecule has 5 aliphatic rings. The van der Waals surface area contributed by atoms with Crippen LogP contribution in [0.5, 0.6) is 0 Å². The predicted octanol–water partition coefficient (Wildman–Crippen LogP) is 2.87. The van der Waals surface area contributed by atoms with Gasteiger partial charge in [0.15, 0.2) is 31.5 Å². The standard InChI is InChI=1S/C78H143N3O28/c1-5-7-9-11-13-15-17-19-20-21-22-23-24-25-26-27-28-30-32-34-36-38-40-42-58(90)81-51(52(89)41-39-37-35-33-31-29-18-16-14-12-10-8-6-2)48-100-76-67(97)65(95)70(56(46-85)104-76)106-77-68(98)66(96)71(57(47-86)105-77)107-78-69(99)73(63(93)55(45-84)103-78)109-75-60(80-50(4)88)72(62(92)54(44-83)102-75)108-74-59(79-49(3)87)64(94)61(91)53(43-82)101-74/h39,41,51-57,59-78,82-86,89,91-99H,5-38,40,42-48H2,1-4H3,(H,79,87)(H,80,88)(H,81,90)/b41-39+/t51-,52+,53?,54?,55?,56?,57?,59?,60?,61-,62-,63-,64+,65+,66+,67?,68?,69?,70+,71-,72+,73-,74-,75-,76+,77-,78-/m0/s1. The summed E-state index contributed by atoms with van der Waals surface area (Å²) < 4.78 is 59.2. The van der Waals surface area contributed by atoms with Gasteiger partial charge in [0.1, 0.15) is 122 Å². The molecule has 31 nitrogen and oxygen atoms in total. The highest BCUT2D eigenvalue weighted by Gasteiger charge is 2.57. The highest BCUT2D eigenvalue weighted by Crippen LogP contribution is 2.37. The fourth-order valence-corrected chi connectivity index (χ4v) is 15.0. The van der Waals surface area contributed by atoms with Gasteiger partial charge in [-0.25, -0.2) is 0 Å². The summed E-state index contributed by atoms with van der Waals surface area (Å²) in [6.07, 6.45) is 1.95. The van der Waals surface area contributed by atoms with Gasteiger partial charge in [-0.15, -0.1) is 0 Å². The first-order valence-corrected chi connectivity index (χ1v) is 41.5. The zero-order chi connectivity index (χ0) is 79.6. The molecule has 0 aromatic heterocycles. The minimum absolute atomic E-state index is 0.196. The molecule has 31 heteroatoms. The van der Waals surface area contributed by atoms with Crippen LogP contribution >= 0.6 is 0 Å². The molecule has 0 bridgehead atoms. The van der Waals surface area contributed by atoms with E-state index in [0.717, 1.165) is 58.8 Å². The molecular weight excluding hydrogens is 1430 g/mol. The lowest BCUT2D eigenvalue weighted by atomic mass is 9.93. The van der Waals surface area contributed by atoms with Crippen molar-refractivity contribution in [3.8, 4) is 0 Å². The zero-order valence-electron chi connectivity index (χ0n) is 65.5. The number of carbonyl (C=O) groups is 3. The van der Waals surface area contributed by atoms with Crippen molar-refractivity contribution in [3.63, 3.8) is 0 Å². The second-order valence-corrected chi connectivity index (χ2v) is 30.7. The van der Waals surface area contributed by atoms with Crippen LogP contribution in [-0.4, -0.2) is 300 Å². The Morgan fingerprint density at radius 2 is 0.688 bits per heavy atom. The Balaban J connectivity index is 1.15. The molecule has 3 amide bonds. The summed E-state index contributed by atoms with van der Waals surface area (Å²) in [5.74, 6) is -1.87. The first-order valence-electron chi connectivity index (χ1n) is 41.5. The highest BCUT2D eigenvalue weighted by atomic mass is 16.8. The smallest absolute Gasteiger partial charge is 0.220 e. The summed E-state index contributed by atoms with van der Waals surface area (Å²) in [5.41, 5.74) is 0. The van der Waals surface area contributed by atoms with Gasteiger partial charge in [0.2, 0.25) is 17.7 Å². The fraction of sp³-hybridized carbons (Fsp3) is 0.936. The lowest BCUT2D eigenvalue weighted by Crippen LogP contribution is -2.71. The van der Waals surface area contributed by atoms with Gasteiger partial charge in [0, 0.05) is 20.3 Å². The predicted molar refractivity (Wildman–Crippen MR) is 398 cm³/mol. The lowest BCUT2D eigenvalue weighted by Gasteiger charge is -2.50. The number of hydrogen-bond donors (Lipinski definition) is 18. The summed E-state index contributed by atoms with van der Waals surface area (Å²) in [4.78, 5) is 38.6. The number of amides is 3. The Morgan fingerprint density at radius 1 is 0.358 bits per heavy atom. The van der Waals surface area contributed by atoms with E-state index >= 15 is 0 Å². The summed E-state index contributed by atoms with van der Waals surface area (Å²) in [6, 6.07) is -4.33. The number of aliphatic hydroxyl groups excluding tert-OH is 15. The van der Waals surface area contributed by atoms with Gasteiger partial charge in [-0.1, -0.05) is 231 Å². The number of unbranched alkanes of at least 4 members (excludes halogenated alkanes) is 33. The summed E-state index contributed by atoms with van der Waals surface area (Å²) in [7, 11) is 0. The highest BCUT2D eigenvalue weighted by molar-refractivity contribution is 5.76. The van der Waals surface area contributed by atoms with E-state index in [1.807, 2.05) is 6.08 Å². The summed E-state index contributed by atoms with van der Waals surface area (Å²) in [5, 5.41) is 175. The monoisotopic (exact) mass is 1570 g/mol. The number of aliphatic hydroxyl groups is 15. The van der Waals surface area contributed by atoms with Crippen molar-refractivity contribution in [2.45, 2.75) is 424 Å². The van der Waals surface area contributed by atoms with Crippen LogP contribution in [-0.2, 0) is 61.8 Å². The largest absolute Gasteiger partial charge is 0.394 e. The van der Waals surface area contributed by atoms with Crippen LogP contribution in [0.3, 0.4) is 0 Å². The maximum Gasteiger partial charge on any atom is 0.220 e. The molecule has 0 saturated carbocycles. The third-order valence-electron chi connectivity index (χ3n) is 21.6. The van der Waals surface area contributed by atoms with E-state index in [-0.39, 0.29) is 12.3 Å². The number of hydrogen-bond acceptors (Lipinski definition) is 28. The molecular formula is C78H143N3O28. The molecule has 0 aliphatic carbocycles. The molecule has 0 spiro atoms. The Morgan fingerprint density at radius 3 is 1.12 bits per heavy atom. The molecule has 638 valence electrons. The van der Waals surface area contributed by atoms with Crippen LogP contribution in [0, 0.1) is 0 Å². The molecule has 0 radical (unpaired) electrons. The molecule has 27 atom stereocenters. The van der Waals surface area contributed by atoms with Crippen LogP contribution in [0.4, 0.5) is 0 Å². The van der Waals surface area contributed by atoms with E-state index in [1.165, 1.54) is 167 Å². The third-order valence-corrected chi connectivity index (χ3v) is 21.6. The van der Waals surface area contributed by atoms with Crippen molar-refractivity contribution in [1.82, 2.24) is 16.0 Å². The average Bonchev–Trinajstić information content (AvgIpc) is 0.772. The van der Waals surface area contributed by atoms with Gasteiger partial charge in [-0.05, 0) is 19.3 Å². The van der Waals surface area contributed by atoms with E-state index in [9.17, 15) is 91.0 Å². The SMILES string of the molecule is CCCCCCCCCCCCC/C=C/[C@@H](O)[C@H](CO[C@@H]1OC(CO)[C@@H](O[C@@H]2OC(CO)[C@H](O[C@@H]3OC(CO)[C@H](O)[C@H](O[C@@H]4OC(CO)[C@H](O)[C@H](O[C@@H]5OC(CO)[C@H](O)[C@H](O)C5NC(C)=O)C4NC(C)=O)C3O)[C@H](O)C2O)[C@H](O)C1O)NC(=O)CCCCCCCCCCCCCCCCCCCCCCCCC. The second-order valence-electron chi connectivity index (χ2n) is 30.7. The van der Waals surface area contributed by atoms with Gasteiger partial charge in [-0.3, -0.25) is 14.4 Å². The average molecular weight is 1570 g/mol. The van der Waals surface area contributed by atoms with E-state index < -0.39 is 217 Å². The van der Waals surface area contributed by atoms with Crippen molar-refractivity contribution in [2.24, 2.45) is 0 Å². The molecule has 18 N–H and O–H groups in total. The molecule has 10 unspecified atom stereocenters. The fourth-order valence-electron chi connectivity index (χ4n) is 15.0. The van der Waals surface area contributed by atoms with E-state index in [2.05, 4.69) is 29.8 Å². The topological polar surface area (TPSA) is 483 Å². The lowest BCUT2D eigenvalue weighted by molar-refractivity contribution is -0.388. The Kier molecular flexibility index (Phi) is 48.7. The quantitative estimate of drug-likeness (QED) is 0.0307. The molecule has 5 fully saturated rings. The van der Waals surface area contributed by atoms with Crippen molar-refractivity contribution < 1.29 is 138 Å². The molecule has 0 aromatic carbocycles. The van der Waals surface area contributed by atoms with Crippen molar-refractivity contribution in [2.75, 3.05) is 39.6 Å². The van der Waals surface area contributed by atoms with Gasteiger partial charge in [0.25, 0.3) is 0 Å². The molecule has 5 rings (SSSR count). The van der Waals surface area contributed by atoms with Crippen molar-refractivity contribution >= 4 is 17.7 Å². The maximum absolute atomic E-state index is 13.5. The minimum atomic E-state index is -2.20. The Hall–Kier alpha value is -2.85. The van der Waals surface area contributed by atoms with Gasteiger partial charge < -0.3 is 140 Å². The number of rotatable bonds is 57. The molecule has 5 heterocycles. The maximum atomic E-state index is 13.5. The van der Waals surface area contributed by atoms with Crippen molar-refractivity contribution in [1.29, 1.82) is 0 Å². The first kappa shape index (κ1) is 96.7. The Bertz CT molecular complexity index is 2410. The van der Waals surface area contributed by atoms with Crippen LogP contribution in [0.2, 0.25) is 0 Å². The zero-order valence-corrected chi connectivity index (χ0v) is 65.5. The minimum Gasteiger partial charge on any atom is -0.394 e. The summed E-state index contributed by atoms with van der Waals surface area (Å²) in [6.45, 7) is 1.43. The first-order chi connectivity index (χ1) is 52.6. The van der Waals surface area contributed by atoms with Gasteiger partial charge in [0.05, 0.1) is 51.8 Å². The van der Waals surface area contributed by atoms with E-state index in [0.29, 0.717) is 12.8 Å². The number of carbonyl (C=O) groups excluding carboxylic acids is 3. The Labute approximate surface area is 645 Å². The van der Waals surface area contributed by atoms with E-state index in [1.54, 1.807) is 6.08 Å². The van der Waals surface area contributed by atoms with Crippen molar-refractivity contribution in [3.05, 3.63) is 12.2 Å².